The number of ether oxygens (including phenoxy) is 1. The lowest BCUT2D eigenvalue weighted by atomic mass is 10.0. The molecule has 1 aliphatic rings. The Balaban J connectivity index is 1.49. The van der Waals surface area contributed by atoms with Crippen molar-refractivity contribution in [3.63, 3.8) is 0 Å². The van der Waals surface area contributed by atoms with Gasteiger partial charge >= 0.3 is 5.97 Å². The Morgan fingerprint density at radius 2 is 2.13 bits per heavy atom. The first kappa shape index (κ1) is 18.7. The molecule has 30 heavy (non-hydrogen) atoms. The van der Waals surface area contributed by atoms with Gasteiger partial charge in [-0.25, -0.2) is 0 Å². The molecule has 1 aliphatic carbocycles. The van der Waals surface area contributed by atoms with Gasteiger partial charge in [-0.15, -0.1) is 0 Å². The third kappa shape index (κ3) is 3.11. The summed E-state index contributed by atoms with van der Waals surface area (Å²) in [5.41, 5.74) is 4.75. The molecule has 0 saturated carbocycles. The monoisotopic (exact) mass is 423 g/mol. The summed E-state index contributed by atoms with van der Waals surface area (Å²) in [4.78, 5) is 19.1. The highest BCUT2D eigenvalue weighted by molar-refractivity contribution is 6.32. The molecule has 0 aliphatic heterocycles. The number of carboxylic acid groups (broad SMARTS) is 1. The quantitative estimate of drug-likeness (QED) is 0.465. The van der Waals surface area contributed by atoms with Gasteiger partial charge in [0.1, 0.15) is 5.75 Å². The number of rotatable bonds is 5. The maximum absolute atomic E-state index is 11.1. The number of aryl methyl sites for hydroxylation is 1. The fourth-order valence-corrected chi connectivity index (χ4v) is 4.42. The Morgan fingerprint density at radius 3 is 2.90 bits per heavy atom. The normalized spacial score (nSPS) is 15.5. The molecule has 0 spiro atoms. The van der Waals surface area contributed by atoms with Gasteiger partial charge in [-0.2, -0.15) is 4.98 Å². The highest BCUT2D eigenvalue weighted by atomic mass is 35.5. The van der Waals surface area contributed by atoms with Crippen molar-refractivity contribution in [3.8, 4) is 28.6 Å². The van der Waals surface area contributed by atoms with Crippen molar-refractivity contribution in [3.05, 3.63) is 52.7 Å². The first-order valence-corrected chi connectivity index (χ1v) is 9.95. The van der Waals surface area contributed by atoms with Crippen LogP contribution in [0.3, 0.4) is 0 Å². The van der Waals surface area contributed by atoms with E-state index in [1.54, 1.807) is 19.2 Å². The minimum Gasteiger partial charge on any atom is -0.495 e. The van der Waals surface area contributed by atoms with E-state index in [2.05, 4.69) is 15.1 Å². The van der Waals surface area contributed by atoms with E-state index < -0.39 is 5.97 Å². The van der Waals surface area contributed by atoms with Gasteiger partial charge in [0.05, 0.1) is 18.6 Å². The number of H-pyrrole nitrogens is 1. The second-order valence-corrected chi connectivity index (χ2v) is 7.79. The minimum atomic E-state index is -0.773. The summed E-state index contributed by atoms with van der Waals surface area (Å²) >= 11 is 6.20. The van der Waals surface area contributed by atoms with Gasteiger partial charge in [0.2, 0.25) is 5.82 Å². The second kappa shape index (κ2) is 7.18. The number of hydrogen-bond acceptors (Lipinski definition) is 5. The Kier molecular flexibility index (Phi) is 4.47. The first-order valence-electron chi connectivity index (χ1n) is 9.57. The Morgan fingerprint density at radius 1 is 1.30 bits per heavy atom. The van der Waals surface area contributed by atoms with Gasteiger partial charge in [-0.05, 0) is 54.8 Å². The molecule has 7 nitrogen and oxygen atoms in total. The topological polar surface area (TPSA) is 101 Å². The molecule has 2 aromatic heterocycles. The zero-order chi connectivity index (χ0) is 20.8. The van der Waals surface area contributed by atoms with Crippen molar-refractivity contribution in [2.75, 3.05) is 7.11 Å². The van der Waals surface area contributed by atoms with Crippen LogP contribution in [0.4, 0.5) is 0 Å². The van der Waals surface area contributed by atoms with E-state index in [4.69, 9.17) is 26.0 Å². The highest BCUT2D eigenvalue weighted by Gasteiger charge is 2.28. The smallest absolute Gasteiger partial charge is 0.304 e. The number of nitrogens with one attached hydrogen (secondary N) is 1. The van der Waals surface area contributed by atoms with E-state index in [1.807, 2.05) is 24.3 Å². The number of aliphatic carboxylic acids is 1. The van der Waals surface area contributed by atoms with Gasteiger partial charge in [-0.1, -0.05) is 16.8 Å². The average molecular weight is 424 g/mol. The van der Waals surface area contributed by atoms with Crippen LogP contribution < -0.4 is 4.74 Å². The fourth-order valence-electron chi connectivity index (χ4n) is 4.16. The summed E-state index contributed by atoms with van der Waals surface area (Å²) in [5.74, 6) is 0.688. The number of carboxylic acids is 1. The number of nitrogens with zero attached hydrogens (tertiary/aromatic N) is 2. The largest absolute Gasteiger partial charge is 0.495 e. The summed E-state index contributed by atoms with van der Waals surface area (Å²) in [6.07, 6.45) is 1.85. The van der Waals surface area contributed by atoms with Crippen molar-refractivity contribution in [1.29, 1.82) is 0 Å². The molecular weight excluding hydrogens is 406 g/mol. The van der Waals surface area contributed by atoms with Crippen LogP contribution in [0.15, 0.2) is 40.9 Å². The van der Waals surface area contributed by atoms with Crippen LogP contribution in [0.5, 0.6) is 5.75 Å². The molecule has 0 amide bonds. The number of carbonyl (C=O) groups is 1. The number of fused-ring (bicyclic) bond motifs is 3. The van der Waals surface area contributed by atoms with Crippen molar-refractivity contribution in [2.24, 2.45) is 0 Å². The summed E-state index contributed by atoms with van der Waals surface area (Å²) in [5, 5.41) is 14.8. The Bertz CT molecular complexity index is 1280. The van der Waals surface area contributed by atoms with Gasteiger partial charge in [-0.3, -0.25) is 4.79 Å². The fraction of sp³-hybridized carbons (Fsp3) is 0.227. The molecule has 2 aromatic carbocycles. The SMILES string of the molecule is COc1ccc(-c2nc(-c3ccc4[nH]c5c(c4c3)CCC5CC(=O)O)no2)cc1Cl. The molecule has 152 valence electrons. The number of aromatic amines is 1. The molecule has 0 radical (unpaired) electrons. The summed E-state index contributed by atoms with van der Waals surface area (Å²) < 4.78 is 10.6. The third-order valence-electron chi connectivity index (χ3n) is 5.59. The van der Waals surface area contributed by atoms with Crippen LogP contribution in [0, 0.1) is 0 Å². The average Bonchev–Trinajstić information content (AvgIpc) is 3.43. The lowest BCUT2D eigenvalue weighted by Gasteiger charge is -2.05. The molecular formula is C22H18ClN3O4. The third-order valence-corrected chi connectivity index (χ3v) is 5.89. The van der Waals surface area contributed by atoms with Crippen LogP contribution in [-0.2, 0) is 11.2 Å². The van der Waals surface area contributed by atoms with Crippen molar-refractivity contribution >= 4 is 28.5 Å². The number of hydrogen-bond donors (Lipinski definition) is 2. The molecule has 2 N–H and O–H groups in total. The minimum absolute atomic E-state index is 0.0324. The number of halogens is 1. The standard InChI is InChI=1S/C22H18ClN3O4/c1-29-18-7-4-13(9-16(18)23)22-25-21(26-30-22)12-3-6-17-15(8-12)14-5-2-11(10-19(27)28)20(14)24-17/h3-4,6-9,11,24H,2,5,10H2,1H3,(H,27,28). The lowest BCUT2D eigenvalue weighted by molar-refractivity contribution is -0.137. The molecule has 0 fully saturated rings. The molecule has 1 unspecified atom stereocenters. The van der Waals surface area contributed by atoms with E-state index in [0.717, 1.165) is 35.0 Å². The molecule has 2 heterocycles. The van der Waals surface area contributed by atoms with E-state index in [1.165, 1.54) is 5.56 Å². The summed E-state index contributed by atoms with van der Waals surface area (Å²) in [7, 11) is 1.56. The maximum Gasteiger partial charge on any atom is 0.304 e. The Labute approximate surface area is 176 Å². The van der Waals surface area contributed by atoms with E-state index >= 15 is 0 Å². The van der Waals surface area contributed by atoms with Crippen LogP contribution in [0.25, 0.3) is 33.7 Å². The molecule has 0 saturated heterocycles. The Hall–Kier alpha value is -3.32. The molecule has 1 atom stereocenters. The van der Waals surface area contributed by atoms with Crippen LogP contribution in [0.2, 0.25) is 5.02 Å². The lowest BCUT2D eigenvalue weighted by Crippen LogP contribution is -2.03. The number of methoxy groups -OCH3 is 1. The zero-order valence-electron chi connectivity index (χ0n) is 16.1. The summed E-state index contributed by atoms with van der Waals surface area (Å²) in [6, 6.07) is 11.2. The molecule has 4 aromatic rings. The summed E-state index contributed by atoms with van der Waals surface area (Å²) in [6.45, 7) is 0. The van der Waals surface area contributed by atoms with Crippen molar-refractivity contribution in [1.82, 2.24) is 15.1 Å². The molecule has 0 bridgehead atoms. The van der Waals surface area contributed by atoms with E-state index in [9.17, 15) is 4.79 Å². The van der Waals surface area contributed by atoms with Crippen molar-refractivity contribution < 1.29 is 19.2 Å². The van der Waals surface area contributed by atoms with Crippen molar-refractivity contribution in [2.45, 2.75) is 25.2 Å². The first-order chi connectivity index (χ1) is 14.5. The predicted octanol–water partition coefficient (Wildman–Crippen LogP) is 5.05. The van der Waals surface area contributed by atoms with E-state index in [0.29, 0.717) is 28.1 Å². The zero-order valence-corrected chi connectivity index (χ0v) is 16.9. The van der Waals surface area contributed by atoms with Crippen LogP contribution in [-0.4, -0.2) is 33.3 Å². The second-order valence-electron chi connectivity index (χ2n) is 7.38. The van der Waals surface area contributed by atoms with Crippen LogP contribution in [0.1, 0.15) is 30.0 Å². The molecule has 5 rings (SSSR count). The van der Waals surface area contributed by atoms with Gasteiger partial charge in [0.25, 0.3) is 5.89 Å². The van der Waals surface area contributed by atoms with Gasteiger partial charge < -0.3 is 19.4 Å². The number of aromatic nitrogens is 3. The van der Waals surface area contributed by atoms with Gasteiger partial charge in [0.15, 0.2) is 0 Å². The van der Waals surface area contributed by atoms with E-state index in [-0.39, 0.29) is 12.3 Å². The highest BCUT2D eigenvalue weighted by Crippen LogP contribution is 2.40. The van der Waals surface area contributed by atoms with Gasteiger partial charge in [0, 0.05) is 33.6 Å². The molecule has 8 heteroatoms. The maximum atomic E-state index is 11.1. The predicted molar refractivity (Wildman–Crippen MR) is 112 cm³/mol. The number of benzene rings is 2. The van der Waals surface area contributed by atoms with Crippen LogP contribution >= 0.6 is 11.6 Å².